The van der Waals surface area contributed by atoms with Crippen molar-refractivity contribution in [2.24, 2.45) is 5.92 Å². The largest absolute Gasteiger partial charge is 0.314 e. The van der Waals surface area contributed by atoms with Gasteiger partial charge in [0.05, 0.1) is 17.3 Å². The molecule has 1 fully saturated rings. The molecule has 0 aliphatic carbocycles. The smallest absolute Gasteiger partial charge is 0.0706 e. The first-order chi connectivity index (χ1) is 10.7. The summed E-state index contributed by atoms with van der Waals surface area (Å²) >= 11 is 0. The minimum absolute atomic E-state index is 0. The van der Waals surface area contributed by atoms with Crippen molar-refractivity contribution in [1.29, 1.82) is 0 Å². The van der Waals surface area contributed by atoms with Gasteiger partial charge in [0, 0.05) is 31.6 Å². The number of rotatable bonds is 5. The van der Waals surface area contributed by atoms with Gasteiger partial charge in [-0.05, 0) is 30.9 Å². The molecule has 3 nitrogen and oxygen atoms in total. The fraction of sp³-hybridized carbons (Fsp3) is 0.526. The number of hydrogen-bond donors (Lipinski definition) is 1. The normalized spacial score (nSPS) is 16.5. The molecule has 5 heteroatoms. The van der Waals surface area contributed by atoms with Crippen molar-refractivity contribution in [2.45, 2.75) is 32.7 Å². The van der Waals surface area contributed by atoms with Crippen LogP contribution in [0.1, 0.15) is 38.4 Å². The van der Waals surface area contributed by atoms with E-state index in [4.69, 9.17) is 4.98 Å². The number of halogens is 2. The third-order valence-electron chi connectivity index (χ3n) is 4.57. The van der Waals surface area contributed by atoms with Crippen LogP contribution in [0.25, 0.3) is 10.9 Å². The van der Waals surface area contributed by atoms with Crippen LogP contribution in [0.2, 0.25) is 0 Å². The zero-order valence-corrected chi connectivity index (χ0v) is 16.2. The number of para-hydroxylation sites is 1. The van der Waals surface area contributed by atoms with Crippen LogP contribution < -0.4 is 5.32 Å². The first kappa shape index (κ1) is 21.2. The molecule has 1 atom stereocenters. The first-order valence-corrected chi connectivity index (χ1v) is 8.54. The monoisotopic (exact) mass is 369 g/mol. The van der Waals surface area contributed by atoms with E-state index in [-0.39, 0.29) is 24.8 Å². The summed E-state index contributed by atoms with van der Waals surface area (Å²) in [6.07, 6.45) is 2.45. The molecule has 1 N–H and O–H groups in total. The van der Waals surface area contributed by atoms with E-state index in [1.165, 1.54) is 23.9 Å². The minimum atomic E-state index is 0. The molecule has 1 aliphatic heterocycles. The Bertz CT molecular complexity index is 612. The molecule has 0 amide bonds. The Hall–Kier alpha value is -0.870. The van der Waals surface area contributed by atoms with Gasteiger partial charge in [-0.3, -0.25) is 9.88 Å². The van der Waals surface area contributed by atoms with E-state index in [9.17, 15) is 0 Å². The van der Waals surface area contributed by atoms with Crippen LogP contribution in [-0.2, 0) is 0 Å². The Kier molecular flexibility index (Phi) is 8.99. The number of aromatic nitrogens is 1. The Morgan fingerprint density at radius 3 is 2.42 bits per heavy atom. The highest BCUT2D eigenvalue weighted by molar-refractivity contribution is 5.85. The number of nitrogens with one attached hydrogen (secondary N) is 1. The lowest BCUT2D eigenvalue weighted by Gasteiger charge is -2.35. The van der Waals surface area contributed by atoms with Crippen molar-refractivity contribution in [1.82, 2.24) is 15.2 Å². The summed E-state index contributed by atoms with van der Waals surface area (Å²) < 4.78 is 0. The van der Waals surface area contributed by atoms with Gasteiger partial charge < -0.3 is 5.32 Å². The van der Waals surface area contributed by atoms with Gasteiger partial charge in [-0.25, -0.2) is 0 Å². The van der Waals surface area contributed by atoms with E-state index >= 15 is 0 Å². The fourth-order valence-corrected chi connectivity index (χ4v) is 3.27. The van der Waals surface area contributed by atoms with Gasteiger partial charge in [-0.2, -0.15) is 0 Å². The molecule has 3 rings (SSSR count). The van der Waals surface area contributed by atoms with E-state index in [0.717, 1.165) is 37.6 Å². The van der Waals surface area contributed by atoms with Crippen LogP contribution in [0.4, 0.5) is 0 Å². The van der Waals surface area contributed by atoms with Gasteiger partial charge in [0.15, 0.2) is 0 Å². The van der Waals surface area contributed by atoms with E-state index in [1.807, 2.05) is 0 Å². The lowest BCUT2D eigenvalue weighted by Crippen LogP contribution is -2.45. The molecule has 1 aromatic carbocycles. The molecule has 1 saturated heterocycles. The number of pyridine rings is 1. The second kappa shape index (κ2) is 10.2. The Morgan fingerprint density at radius 2 is 1.71 bits per heavy atom. The lowest BCUT2D eigenvalue weighted by molar-refractivity contribution is 0.157. The van der Waals surface area contributed by atoms with Gasteiger partial charge in [0.2, 0.25) is 0 Å². The zero-order chi connectivity index (χ0) is 15.4. The molecular weight excluding hydrogens is 341 g/mol. The average molecular weight is 370 g/mol. The predicted octanol–water partition coefficient (Wildman–Crippen LogP) is 4.46. The molecule has 1 aromatic heterocycles. The molecular formula is C19H29Cl2N3. The summed E-state index contributed by atoms with van der Waals surface area (Å²) in [4.78, 5) is 7.57. The number of nitrogens with zero attached hydrogens (tertiary/aromatic N) is 2. The van der Waals surface area contributed by atoms with Crippen LogP contribution in [0, 0.1) is 5.92 Å². The second-order valence-electron chi connectivity index (χ2n) is 6.70. The summed E-state index contributed by atoms with van der Waals surface area (Å²) in [6, 6.07) is 13.3. The summed E-state index contributed by atoms with van der Waals surface area (Å²) in [6.45, 7) is 9.04. The van der Waals surface area contributed by atoms with Crippen LogP contribution >= 0.6 is 24.8 Å². The van der Waals surface area contributed by atoms with Gasteiger partial charge in [0.25, 0.3) is 0 Å². The highest BCUT2D eigenvalue weighted by Gasteiger charge is 2.23. The van der Waals surface area contributed by atoms with Crippen molar-refractivity contribution in [3.63, 3.8) is 0 Å². The molecule has 1 aliphatic rings. The van der Waals surface area contributed by atoms with Gasteiger partial charge >= 0.3 is 0 Å². The van der Waals surface area contributed by atoms with E-state index in [0.29, 0.717) is 6.04 Å². The zero-order valence-electron chi connectivity index (χ0n) is 14.6. The second-order valence-corrected chi connectivity index (χ2v) is 6.70. The molecule has 134 valence electrons. The van der Waals surface area contributed by atoms with E-state index in [1.54, 1.807) is 0 Å². The van der Waals surface area contributed by atoms with Gasteiger partial charge in [-0.1, -0.05) is 38.1 Å². The standard InChI is InChI=1S/C19H27N3.2ClH/c1-15(2)7-10-19(22-13-11-20-12-14-22)18-9-8-16-5-3-4-6-17(16)21-18;;/h3-6,8-9,15,19-20H,7,10-14H2,1-2H3;2*1H/t19-;;/m1../s1. The molecule has 2 heterocycles. The summed E-state index contributed by atoms with van der Waals surface area (Å²) in [5.74, 6) is 0.742. The number of piperazine rings is 1. The van der Waals surface area contributed by atoms with Crippen molar-refractivity contribution in [2.75, 3.05) is 26.2 Å². The molecule has 0 saturated carbocycles. The Morgan fingerprint density at radius 1 is 1.00 bits per heavy atom. The van der Waals surface area contributed by atoms with Crippen LogP contribution in [-0.4, -0.2) is 36.1 Å². The predicted molar refractivity (Wildman–Crippen MR) is 107 cm³/mol. The molecule has 0 unspecified atom stereocenters. The molecule has 0 spiro atoms. The summed E-state index contributed by atoms with van der Waals surface area (Å²) in [7, 11) is 0. The third kappa shape index (κ3) is 5.32. The van der Waals surface area contributed by atoms with Crippen LogP contribution in [0.15, 0.2) is 36.4 Å². The molecule has 0 bridgehead atoms. The number of hydrogen-bond acceptors (Lipinski definition) is 3. The molecule has 0 radical (unpaired) electrons. The number of benzene rings is 1. The van der Waals surface area contributed by atoms with Gasteiger partial charge in [-0.15, -0.1) is 24.8 Å². The summed E-state index contributed by atoms with van der Waals surface area (Å²) in [5.41, 5.74) is 2.35. The fourth-order valence-electron chi connectivity index (χ4n) is 3.27. The first-order valence-electron chi connectivity index (χ1n) is 8.54. The maximum Gasteiger partial charge on any atom is 0.0706 e. The van der Waals surface area contributed by atoms with E-state index < -0.39 is 0 Å². The van der Waals surface area contributed by atoms with Crippen molar-refractivity contribution in [3.8, 4) is 0 Å². The SMILES string of the molecule is CC(C)CC[C@H](c1ccc2ccccc2n1)N1CCNCC1.Cl.Cl. The Balaban J connectivity index is 0.00000144. The quantitative estimate of drug-likeness (QED) is 0.842. The number of fused-ring (bicyclic) bond motifs is 1. The lowest BCUT2D eigenvalue weighted by atomic mass is 9.98. The molecule has 24 heavy (non-hydrogen) atoms. The Labute approximate surface area is 158 Å². The average Bonchev–Trinajstić information content (AvgIpc) is 2.55. The van der Waals surface area contributed by atoms with Crippen LogP contribution in [0.3, 0.4) is 0 Å². The minimum Gasteiger partial charge on any atom is -0.314 e. The third-order valence-corrected chi connectivity index (χ3v) is 4.57. The molecule has 2 aromatic rings. The van der Waals surface area contributed by atoms with E-state index in [2.05, 4.69) is 60.5 Å². The highest BCUT2D eigenvalue weighted by atomic mass is 35.5. The maximum absolute atomic E-state index is 4.97. The maximum atomic E-state index is 4.97. The van der Waals surface area contributed by atoms with Crippen molar-refractivity contribution >= 4 is 35.7 Å². The highest BCUT2D eigenvalue weighted by Crippen LogP contribution is 2.28. The van der Waals surface area contributed by atoms with Crippen molar-refractivity contribution < 1.29 is 0 Å². The topological polar surface area (TPSA) is 28.2 Å². The van der Waals surface area contributed by atoms with Crippen LogP contribution in [0.5, 0.6) is 0 Å². The van der Waals surface area contributed by atoms with Gasteiger partial charge in [0.1, 0.15) is 0 Å². The van der Waals surface area contributed by atoms with Crippen molar-refractivity contribution in [3.05, 3.63) is 42.1 Å². The summed E-state index contributed by atoms with van der Waals surface area (Å²) in [5, 5.41) is 4.68.